The molecule has 0 aliphatic heterocycles. The van der Waals surface area contributed by atoms with E-state index in [1.807, 2.05) is 18.2 Å². The standard InChI is InChI=1S/C15H17BrN2O2/c1-3-20-14(19)9-13(17)10-6-11(8-12(16)7-10)15(18-2)4-5-15/h6-8,13H,3-5,9,17H2,1H3/t13-/m0/s1. The minimum absolute atomic E-state index is 0.148. The predicted octanol–water partition coefficient (Wildman–Crippen LogP) is 3.31. The molecule has 0 spiro atoms. The van der Waals surface area contributed by atoms with Gasteiger partial charge in [0.1, 0.15) is 0 Å². The van der Waals surface area contributed by atoms with Crippen LogP contribution in [0.4, 0.5) is 0 Å². The summed E-state index contributed by atoms with van der Waals surface area (Å²) in [7, 11) is 0. The Kier molecular flexibility index (Phi) is 4.46. The summed E-state index contributed by atoms with van der Waals surface area (Å²) in [4.78, 5) is 15.2. The molecular weight excluding hydrogens is 320 g/mol. The molecule has 0 aromatic heterocycles. The molecule has 20 heavy (non-hydrogen) atoms. The summed E-state index contributed by atoms with van der Waals surface area (Å²) in [5, 5.41) is 0. The zero-order valence-electron chi connectivity index (χ0n) is 11.4. The highest BCUT2D eigenvalue weighted by atomic mass is 79.9. The van der Waals surface area contributed by atoms with E-state index in [-0.39, 0.29) is 17.9 Å². The van der Waals surface area contributed by atoms with Crippen molar-refractivity contribution in [1.82, 2.24) is 0 Å². The van der Waals surface area contributed by atoms with Crippen LogP contribution in [-0.4, -0.2) is 12.6 Å². The molecular formula is C15H17BrN2O2. The number of nitrogens with zero attached hydrogens (tertiary/aromatic N) is 1. The van der Waals surface area contributed by atoms with E-state index in [1.165, 1.54) is 0 Å². The summed E-state index contributed by atoms with van der Waals surface area (Å²) in [6.45, 7) is 9.45. The number of hydrogen-bond acceptors (Lipinski definition) is 3. The molecule has 0 unspecified atom stereocenters. The molecule has 1 aromatic carbocycles. The van der Waals surface area contributed by atoms with E-state index in [4.69, 9.17) is 17.0 Å². The number of nitrogens with two attached hydrogens (primary N) is 1. The second kappa shape index (κ2) is 5.94. The van der Waals surface area contributed by atoms with Crippen molar-refractivity contribution in [2.75, 3.05) is 6.61 Å². The smallest absolute Gasteiger partial charge is 0.307 e. The van der Waals surface area contributed by atoms with Gasteiger partial charge in [0.15, 0.2) is 0 Å². The van der Waals surface area contributed by atoms with Crippen LogP contribution in [-0.2, 0) is 15.1 Å². The monoisotopic (exact) mass is 336 g/mol. The second-order valence-corrected chi connectivity index (χ2v) is 5.95. The molecule has 1 aromatic rings. The lowest BCUT2D eigenvalue weighted by Gasteiger charge is -2.14. The molecule has 0 heterocycles. The zero-order chi connectivity index (χ0) is 14.8. The fraction of sp³-hybridized carbons (Fsp3) is 0.467. The number of carbonyl (C=O) groups excluding carboxylic acids is 1. The van der Waals surface area contributed by atoms with Crippen molar-refractivity contribution in [1.29, 1.82) is 0 Å². The topological polar surface area (TPSA) is 56.7 Å². The third-order valence-electron chi connectivity index (χ3n) is 3.52. The Balaban J connectivity index is 2.20. The van der Waals surface area contributed by atoms with Crippen LogP contribution in [0.25, 0.3) is 4.85 Å². The van der Waals surface area contributed by atoms with Crippen molar-refractivity contribution in [3.8, 4) is 0 Å². The molecule has 2 N–H and O–H groups in total. The first kappa shape index (κ1) is 15.0. The van der Waals surface area contributed by atoms with Gasteiger partial charge in [0, 0.05) is 28.9 Å². The Labute approximate surface area is 127 Å². The van der Waals surface area contributed by atoms with E-state index >= 15 is 0 Å². The maximum absolute atomic E-state index is 11.5. The molecule has 4 nitrogen and oxygen atoms in total. The van der Waals surface area contributed by atoms with E-state index in [0.29, 0.717) is 6.61 Å². The molecule has 0 radical (unpaired) electrons. The van der Waals surface area contributed by atoms with Crippen LogP contribution in [0.15, 0.2) is 22.7 Å². The fourth-order valence-corrected chi connectivity index (χ4v) is 2.71. The van der Waals surface area contributed by atoms with Gasteiger partial charge in [-0.1, -0.05) is 15.9 Å². The summed E-state index contributed by atoms with van der Waals surface area (Å²) >= 11 is 3.45. The maximum Gasteiger partial charge on any atom is 0.307 e. The van der Waals surface area contributed by atoms with Gasteiger partial charge < -0.3 is 15.3 Å². The predicted molar refractivity (Wildman–Crippen MR) is 79.8 cm³/mol. The van der Waals surface area contributed by atoms with Crippen molar-refractivity contribution < 1.29 is 9.53 Å². The number of benzene rings is 1. The maximum atomic E-state index is 11.5. The van der Waals surface area contributed by atoms with E-state index in [9.17, 15) is 4.79 Å². The lowest BCUT2D eigenvalue weighted by molar-refractivity contribution is -0.143. The van der Waals surface area contributed by atoms with Gasteiger partial charge >= 0.3 is 5.97 Å². The Morgan fingerprint density at radius 2 is 2.25 bits per heavy atom. The summed E-state index contributed by atoms with van der Waals surface area (Å²) < 4.78 is 5.80. The highest BCUT2D eigenvalue weighted by Gasteiger charge is 2.52. The average molecular weight is 337 g/mol. The molecule has 1 fully saturated rings. The summed E-state index contributed by atoms with van der Waals surface area (Å²) in [5.41, 5.74) is 7.54. The molecule has 0 bridgehead atoms. The minimum Gasteiger partial charge on any atom is -0.466 e. The fourth-order valence-electron chi connectivity index (χ4n) is 2.20. The SMILES string of the molecule is [C-]#[N+]C1(c2cc(Br)cc([C@@H](N)CC(=O)OCC)c2)CC1. The first-order valence-corrected chi connectivity index (χ1v) is 7.41. The second-order valence-electron chi connectivity index (χ2n) is 5.03. The van der Waals surface area contributed by atoms with Gasteiger partial charge in [-0.05, 0) is 30.7 Å². The van der Waals surface area contributed by atoms with E-state index in [2.05, 4.69) is 20.8 Å². The first-order chi connectivity index (χ1) is 9.50. The van der Waals surface area contributed by atoms with E-state index < -0.39 is 6.04 Å². The van der Waals surface area contributed by atoms with Crippen molar-refractivity contribution >= 4 is 21.9 Å². The molecule has 2 rings (SSSR count). The number of esters is 1. The largest absolute Gasteiger partial charge is 0.466 e. The number of halogens is 1. The third-order valence-corrected chi connectivity index (χ3v) is 3.97. The Morgan fingerprint density at radius 1 is 1.55 bits per heavy atom. The molecule has 0 saturated heterocycles. The van der Waals surface area contributed by atoms with Gasteiger partial charge in [-0.2, -0.15) is 0 Å². The lowest BCUT2D eigenvalue weighted by Crippen LogP contribution is -2.18. The van der Waals surface area contributed by atoms with Crippen molar-refractivity contribution in [3.63, 3.8) is 0 Å². The Bertz CT molecular complexity index is 561. The van der Waals surface area contributed by atoms with Crippen molar-refractivity contribution in [2.24, 2.45) is 5.73 Å². The molecule has 0 amide bonds. The third kappa shape index (κ3) is 3.20. The van der Waals surface area contributed by atoms with E-state index in [0.717, 1.165) is 28.4 Å². The molecule has 5 heteroatoms. The van der Waals surface area contributed by atoms with Crippen LogP contribution >= 0.6 is 15.9 Å². The molecule has 1 atom stereocenters. The molecule has 1 saturated carbocycles. The van der Waals surface area contributed by atoms with Crippen LogP contribution in [0.1, 0.15) is 43.4 Å². The van der Waals surface area contributed by atoms with Gasteiger partial charge in [0.2, 0.25) is 0 Å². The van der Waals surface area contributed by atoms with Gasteiger partial charge in [-0.3, -0.25) is 4.79 Å². The van der Waals surface area contributed by atoms with Gasteiger partial charge in [-0.25, -0.2) is 6.57 Å². The Morgan fingerprint density at radius 3 is 2.80 bits per heavy atom. The van der Waals surface area contributed by atoms with Crippen LogP contribution < -0.4 is 5.73 Å². The number of hydrogen-bond donors (Lipinski definition) is 1. The van der Waals surface area contributed by atoms with Crippen molar-refractivity contribution in [2.45, 2.75) is 37.8 Å². The summed E-state index contributed by atoms with van der Waals surface area (Å²) in [6, 6.07) is 5.39. The van der Waals surface area contributed by atoms with Gasteiger partial charge in [0.05, 0.1) is 13.0 Å². The molecule has 1 aliphatic rings. The lowest BCUT2D eigenvalue weighted by atomic mass is 9.98. The number of carbonyl (C=O) groups is 1. The number of rotatable bonds is 5. The van der Waals surface area contributed by atoms with Crippen LogP contribution in [0.3, 0.4) is 0 Å². The number of ether oxygens (including phenoxy) is 1. The van der Waals surface area contributed by atoms with Crippen LogP contribution in [0.5, 0.6) is 0 Å². The highest BCUT2D eigenvalue weighted by Crippen LogP contribution is 2.50. The molecule has 106 valence electrons. The van der Waals surface area contributed by atoms with E-state index in [1.54, 1.807) is 6.92 Å². The highest BCUT2D eigenvalue weighted by molar-refractivity contribution is 9.10. The molecule has 1 aliphatic carbocycles. The average Bonchev–Trinajstić information content (AvgIpc) is 3.19. The summed E-state index contributed by atoms with van der Waals surface area (Å²) in [5.74, 6) is -0.298. The van der Waals surface area contributed by atoms with Crippen LogP contribution in [0.2, 0.25) is 0 Å². The minimum atomic E-state index is -0.410. The van der Waals surface area contributed by atoms with Crippen molar-refractivity contribution in [3.05, 3.63) is 45.2 Å². The Hall–Kier alpha value is -1.38. The quantitative estimate of drug-likeness (QED) is 0.662. The van der Waals surface area contributed by atoms with Gasteiger partial charge in [-0.15, -0.1) is 0 Å². The normalized spacial score (nSPS) is 17.1. The van der Waals surface area contributed by atoms with Crippen LogP contribution in [0, 0.1) is 6.57 Å². The first-order valence-electron chi connectivity index (χ1n) is 6.61. The summed E-state index contributed by atoms with van der Waals surface area (Å²) in [6.07, 6.45) is 1.92. The van der Waals surface area contributed by atoms with Gasteiger partial charge in [0.25, 0.3) is 5.54 Å². The zero-order valence-corrected chi connectivity index (χ0v) is 12.9.